The molecule has 2 aromatic heterocycles. The van der Waals surface area contributed by atoms with E-state index < -0.39 is 0 Å². The van der Waals surface area contributed by atoms with Crippen LogP contribution in [0.3, 0.4) is 0 Å². The minimum absolute atomic E-state index is 0.0213. The quantitative estimate of drug-likeness (QED) is 0.660. The van der Waals surface area contributed by atoms with Gasteiger partial charge in [-0.05, 0) is 43.7 Å². The maximum atomic E-state index is 13.4. The number of hydrogen-bond donors (Lipinski definition) is 0. The first-order chi connectivity index (χ1) is 13.5. The molecule has 0 spiro atoms. The van der Waals surface area contributed by atoms with Gasteiger partial charge >= 0.3 is 0 Å². The van der Waals surface area contributed by atoms with Crippen molar-refractivity contribution in [3.8, 4) is 22.4 Å². The maximum Gasteiger partial charge on any atom is 0.257 e. The number of rotatable bonds is 5. The Morgan fingerprint density at radius 3 is 2.64 bits per heavy atom. The van der Waals surface area contributed by atoms with E-state index in [0.717, 1.165) is 40.9 Å². The van der Waals surface area contributed by atoms with E-state index in [1.54, 1.807) is 23.0 Å². The number of aromatic nitrogens is 3. The highest BCUT2D eigenvalue weighted by atomic mass is 19.1. The van der Waals surface area contributed by atoms with E-state index in [-0.39, 0.29) is 17.8 Å². The molecule has 1 atom stereocenters. The number of hydrogen-bond acceptors (Lipinski definition) is 3. The number of fused-ring (bicyclic) bond motifs is 1. The van der Waals surface area contributed by atoms with Crippen LogP contribution in [0.25, 0.3) is 22.4 Å². The lowest BCUT2D eigenvalue weighted by molar-refractivity contribution is 0.0708. The van der Waals surface area contributed by atoms with Gasteiger partial charge in [-0.25, -0.2) is 4.39 Å². The average molecular weight is 378 g/mol. The van der Waals surface area contributed by atoms with Gasteiger partial charge in [-0.1, -0.05) is 13.3 Å². The van der Waals surface area contributed by atoms with Gasteiger partial charge in [0.15, 0.2) is 0 Å². The molecular weight excluding hydrogens is 355 g/mol. The lowest BCUT2D eigenvalue weighted by Gasteiger charge is -2.23. The first kappa shape index (κ1) is 18.3. The summed E-state index contributed by atoms with van der Waals surface area (Å²) >= 11 is 0. The van der Waals surface area contributed by atoms with Gasteiger partial charge in [-0.2, -0.15) is 5.10 Å². The van der Waals surface area contributed by atoms with E-state index >= 15 is 0 Å². The van der Waals surface area contributed by atoms with Gasteiger partial charge in [0.25, 0.3) is 5.91 Å². The molecule has 4 rings (SSSR count). The fourth-order valence-corrected chi connectivity index (χ4v) is 3.90. The third-order valence-electron chi connectivity index (χ3n) is 5.30. The zero-order valence-electron chi connectivity index (χ0n) is 16.3. The number of nitrogens with zero attached hydrogens (tertiary/aromatic N) is 4. The van der Waals surface area contributed by atoms with Crippen molar-refractivity contribution in [1.29, 1.82) is 0 Å². The number of carbonyl (C=O) groups excluding carboxylic acids is 1. The lowest BCUT2D eigenvalue weighted by atomic mass is 9.97. The van der Waals surface area contributed by atoms with Gasteiger partial charge in [0.2, 0.25) is 0 Å². The molecule has 0 fully saturated rings. The second kappa shape index (κ2) is 7.19. The van der Waals surface area contributed by atoms with Crippen molar-refractivity contribution >= 4 is 5.91 Å². The van der Waals surface area contributed by atoms with Gasteiger partial charge in [0.05, 0.1) is 17.8 Å². The zero-order valence-corrected chi connectivity index (χ0v) is 16.3. The van der Waals surface area contributed by atoms with Crippen molar-refractivity contribution in [3.05, 3.63) is 59.8 Å². The molecule has 1 amide bonds. The van der Waals surface area contributed by atoms with Crippen LogP contribution in [0.2, 0.25) is 0 Å². The molecule has 0 radical (unpaired) electrons. The van der Waals surface area contributed by atoms with Crippen LogP contribution in [0, 0.1) is 5.82 Å². The molecule has 0 saturated heterocycles. The molecule has 1 aliphatic heterocycles. The molecule has 0 unspecified atom stereocenters. The van der Waals surface area contributed by atoms with E-state index in [1.807, 2.05) is 24.2 Å². The molecule has 1 aliphatic rings. The maximum absolute atomic E-state index is 13.4. The highest BCUT2D eigenvalue weighted by molar-refractivity contribution is 6.05. The number of halogens is 1. The Morgan fingerprint density at radius 2 is 1.93 bits per heavy atom. The van der Waals surface area contributed by atoms with E-state index in [0.29, 0.717) is 12.1 Å². The van der Waals surface area contributed by atoms with Crippen LogP contribution in [-0.4, -0.2) is 31.6 Å². The Morgan fingerprint density at radius 1 is 1.18 bits per heavy atom. The predicted octanol–water partition coefficient (Wildman–Crippen LogP) is 4.43. The van der Waals surface area contributed by atoms with Crippen molar-refractivity contribution in [1.82, 2.24) is 19.7 Å². The van der Waals surface area contributed by atoms with Crippen LogP contribution in [0.1, 0.15) is 42.7 Å². The monoisotopic (exact) mass is 378 g/mol. The second-order valence-corrected chi connectivity index (χ2v) is 7.32. The molecule has 5 nitrogen and oxygen atoms in total. The SMILES string of the molecule is CCC[C@@H](C)N1Cc2nccc(-c3cn(C)nc3-c3ccc(F)cc3)c2C1=O. The van der Waals surface area contributed by atoms with Crippen LogP contribution in [0.4, 0.5) is 4.39 Å². The summed E-state index contributed by atoms with van der Waals surface area (Å²) in [5, 5.41) is 4.57. The highest BCUT2D eigenvalue weighted by Gasteiger charge is 2.34. The molecule has 3 aromatic rings. The normalized spacial score (nSPS) is 14.4. The number of carbonyl (C=O) groups is 1. The molecular formula is C22H23FN4O. The summed E-state index contributed by atoms with van der Waals surface area (Å²) in [4.78, 5) is 19.6. The third-order valence-corrected chi connectivity index (χ3v) is 5.30. The largest absolute Gasteiger partial charge is 0.330 e. The van der Waals surface area contributed by atoms with Crippen molar-refractivity contribution in [2.75, 3.05) is 0 Å². The Bertz CT molecular complexity index is 1030. The average Bonchev–Trinajstić information content (AvgIpc) is 3.23. The molecule has 0 bridgehead atoms. The fourth-order valence-electron chi connectivity index (χ4n) is 3.90. The van der Waals surface area contributed by atoms with E-state index in [9.17, 15) is 9.18 Å². The number of aryl methyl sites for hydroxylation is 1. The van der Waals surface area contributed by atoms with Crippen LogP contribution in [-0.2, 0) is 13.6 Å². The summed E-state index contributed by atoms with van der Waals surface area (Å²) in [6.07, 6.45) is 5.64. The highest BCUT2D eigenvalue weighted by Crippen LogP contribution is 2.37. The predicted molar refractivity (Wildman–Crippen MR) is 106 cm³/mol. The summed E-state index contributed by atoms with van der Waals surface area (Å²) in [7, 11) is 1.84. The van der Waals surface area contributed by atoms with Crippen LogP contribution in [0.15, 0.2) is 42.7 Å². The first-order valence-electron chi connectivity index (χ1n) is 9.58. The third kappa shape index (κ3) is 3.09. The first-order valence-corrected chi connectivity index (χ1v) is 9.58. The van der Waals surface area contributed by atoms with Crippen LogP contribution < -0.4 is 0 Å². The molecule has 0 aliphatic carbocycles. The lowest BCUT2D eigenvalue weighted by Crippen LogP contribution is -2.33. The van der Waals surface area contributed by atoms with Crippen LogP contribution in [0.5, 0.6) is 0 Å². The summed E-state index contributed by atoms with van der Waals surface area (Å²) in [5.41, 5.74) is 4.67. The van der Waals surface area contributed by atoms with Gasteiger partial charge < -0.3 is 4.90 Å². The summed E-state index contributed by atoms with van der Waals surface area (Å²) in [5.74, 6) is -0.269. The molecule has 144 valence electrons. The minimum atomic E-state index is -0.290. The number of amides is 1. The summed E-state index contributed by atoms with van der Waals surface area (Å²) < 4.78 is 15.1. The second-order valence-electron chi connectivity index (χ2n) is 7.32. The van der Waals surface area contributed by atoms with Crippen molar-refractivity contribution < 1.29 is 9.18 Å². The van der Waals surface area contributed by atoms with Gasteiger partial charge in [-0.15, -0.1) is 0 Å². The van der Waals surface area contributed by atoms with Crippen LogP contribution >= 0.6 is 0 Å². The topological polar surface area (TPSA) is 51.0 Å². The number of pyridine rings is 1. The molecule has 0 saturated carbocycles. The minimum Gasteiger partial charge on any atom is -0.330 e. The Kier molecular flexibility index (Phi) is 4.71. The number of benzene rings is 1. The summed E-state index contributed by atoms with van der Waals surface area (Å²) in [6.45, 7) is 4.74. The molecule has 28 heavy (non-hydrogen) atoms. The molecule has 6 heteroatoms. The Hall–Kier alpha value is -3.02. The van der Waals surface area contributed by atoms with E-state index in [4.69, 9.17) is 0 Å². The van der Waals surface area contributed by atoms with Gasteiger partial charge in [0, 0.05) is 42.2 Å². The Labute approximate surface area is 163 Å². The smallest absolute Gasteiger partial charge is 0.257 e. The Balaban J connectivity index is 1.81. The van der Waals surface area contributed by atoms with Crippen molar-refractivity contribution in [3.63, 3.8) is 0 Å². The molecule has 0 N–H and O–H groups in total. The molecule has 1 aromatic carbocycles. The van der Waals surface area contributed by atoms with E-state index in [1.165, 1.54) is 12.1 Å². The van der Waals surface area contributed by atoms with Crippen molar-refractivity contribution in [2.45, 2.75) is 39.3 Å². The molecule has 3 heterocycles. The standard InChI is InChI=1S/C22H23FN4O/c1-4-5-14(2)27-13-19-20(22(27)28)17(10-11-24-19)18-12-26(3)25-21(18)15-6-8-16(23)9-7-15/h6-12,14H,4-5,13H2,1-3H3/t14-/m1/s1. The zero-order chi connectivity index (χ0) is 19.8. The summed E-state index contributed by atoms with van der Waals surface area (Å²) in [6, 6.07) is 8.30. The van der Waals surface area contributed by atoms with Gasteiger partial charge in [0.1, 0.15) is 11.5 Å². The van der Waals surface area contributed by atoms with Gasteiger partial charge in [-0.3, -0.25) is 14.5 Å². The van der Waals surface area contributed by atoms with E-state index in [2.05, 4.69) is 23.9 Å². The fraction of sp³-hybridized carbons (Fsp3) is 0.318. The van der Waals surface area contributed by atoms with Crippen molar-refractivity contribution in [2.24, 2.45) is 7.05 Å².